The van der Waals surface area contributed by atoms with Crippen LogP contribution in [0.4, 0.5) is 0 Å². The predicted molar refractivity (Wildman–Crippen MR) is 130 cm³/mol. The second kappa shape index (κ2) is 12.0. The van der Waals surface area contributed by atoms with E-state index in [2.05, 4.69) is 6.07 Å². The van der Waals surface area contributed by atoms with Crippen LogP contribution in [-0.2, 0) is 4.79 Å². The van der Waals surface area contributed by atoms with Gasteiger partial charge in [0.2, 0.25) is 0 Å². The molecule has 0 aliphatic rings. The highest BCUT2D eigenvalue weighted by atomic mass is 35.5. The van der Waals surface area contributed by atoms with Crippen LogP contribution in [-0.4, -0.2) is 19.7 Å². The predicted octanol–water partition coefficient (Wildman–Crippen LogP) is 6.83. The van der Waals surface area contributed by atoms with Gasteiger partial charge < -0.3 is 14.2 Å². The van der Waals surface area contributed by atoms with E-state index in [4.69, 9.17) is 37.4 Å². The van der Waals surface area contributed by atoms with Gasteiger partial charge in [0.1, 0.15) is 17.2 Å². The molecule has 3 aromatic carbocycles. The van der Waals surface area contributed by atoms with Gasteiger partial charge in [0, 0.05) is 17.0 Å². The highest BCUT2D eigenvalue weighted by Gasteiger charge is 2.10. The Kier molecular flexibility index (Phi) is 8.77. The van der Waals surface area contributed by atoms with Crippen molar-refractivity contribution in [3.05, 3.63) is 87.9 Å². The van der Waals surface area contributed by atoms with Crippen molar-refractivity contribution in [2.45, 2.75) is 12.8 Å². The van der Waals surface area contributed by atoms with Crippen LogP contribution >= 0.6 is 23.2 Å². The summed E-state index contributed by atoms with van der Waals surface area (Å²) in [5.41, 5.74) is 1.85. The second-order valence-electron chi connectivity index (χ2n) is 6.94. The number of allylic oxidation sites excluding steroid dienone is 1. The van der Waals surface area contributed by atoms with Gasteiger partial charge in [-0.25, -0.2) is 0 Å². The first-order valence-electron chi connectivity index (χ1n) is 10.1. The fraction of sp³-hybridized carbons (Fsp3) is 0.154. The number of carbonyl (C=O) groups is 1. The standard InChI is InChI=1S/C26H21Cl2NO4/c1-31-24-9-3-2-8-22(24)19(17-29)14-18-6-4-7-21(15-18)33-26(30)10-5-13-32-25-12-11-20(27)16-23(25)28/h2-4,6-9,11-12,14-16H,5,10,13H2,1H3/b19-14-. The van der Waals surface area contributed by atoms with Crippen LogP contribution in [0.3, 0.4) is 0 Å². The molecule has 0 saturated carbocycles. The molecule has 0 saturated heterocycles. The van der Waals surface area contributed by atoms with E-state index in [1.807, 2.05) is 24.3 Å². The quantitative estimate of drug-likeness (QED) is 0.110. The molecule has 0 unspecified atom stereocenters. The molecule has 0 N–H and O–H groups in total. The van der Waals surface area contributed by atoms with Crippen molar-refractivity contribution >= 4 is 40.8 Å². The molecule has 0 aromatic heterocycles. The Morgan fingerprint density at radius 3 is 2.61 bits per heavy atom. The molecule has 0 aliphatic carbocycles. The van der Waals surface area contributed by atoms with Gasteiger partial charge in [-0.1, -0.05) is 47.5 Å². The monoisotopic (exact) mass is 481 g/mol. The third-order valence-electron chi connectivity index (χ3n) is 4.60. The fourth-order valence-corrected chi connectivity index (χ4v) is 3.51. The van der Waals surface area contributed by atoms with Gasteiger partial charge in [-0.3, -0.25) is 4.79 Å². The normalized spacial score (nSPS) is 10.9. The number of ether oxygens (including phenoxy) is 3. The number of rotatable bonds is 9. The average Bonchev–Trinajstić information content (AvgIpc) is 2.81. The molecule has 0 aliphatic heterocycles. The van der Waals surface area contributed by atoms with Gasteiger partial charge in [0.15, 0.2) is 0 Å². The lowest BCUT2D eigenvalue weighted by molar-refractivity contribution is -0.134. The lowest BCUT2D eigenvalue weighted by atomic mass is 10.0. The Balaban J connectivity index is 1.58. The number of halogens is 2. The molecule has 0 bridgehead atoms. The molecule has 3 rings (SSSR count). The van der Waals surface area contributed by atoms with E-state index < -0.39 is 0 Å². The Morgan fingerprint density at radius 1 is 1.03 bits per heavy atom. The van der Waals surface area contributed by atoms with Crippen LogP contribution in [0.2, 0.25) is 10.0 Å². The number of nitrogens with zero attached hydrogens (tertiary/aromatic N) is 1. The number of hydrogen-bond acceptors (Lipinski definition) is 5. The summed E-state index contributed by atoms with van der Waals surface area (Å²) in [5, 5.41) is 10.6. The molecule has 3 aromatic rings. The highest BCUT2D eigenvalue weighted by molar-refractivity contribution is 6.35. The zero-order chi connectivity index (χ0) is 23.6. The Bertz CT molecular complexity index is 1200. The van der Waals surface area contributed by atoms with Crippen LogP contribution in [0, 0.1) is 11.3 Å². The molecule has 0 radical (unpaired) electrons. The number of methoxy groups -OCH3 is 1. The minimum absolute atomic E-state index is 0.177. The maximum absolute atomic E-state index is 12.2. The SMILES string of the molecule is COc1ccccc1/C(C#N)=C\c1cccc(OC(=O)CCCOc2ccc(Cl)cc2Cl)c1. The topological polar surface area (TPSA) is 68.5 Å². The molecule has 7 heteroatoms. The summed E-state index contributed by atoms with van der Waals surface area (Å²) in [6.45, 7) is 0.309. The maximum atomic E-state index is 12.2. The lowest BCUT2D eigenvalue weighted by Crippen LogP contribution is -2.10. The van der Waals surface area contributed by atoms with Crippen LogP contribution < -0.4 is 14.2 Å². The molecule has 33 heavy (non-hydrogen) atoms. The third kappa shape index (κ3) is 7.01. The zero-order valence-electron chi connectivity index (χ0n) is 17.9. The molecular formula is C26H21Cl2NO4. The maximum Gasteiger partial charge on any atom is 0.311 e. The highest BCUT2D eigenvalue weighted by Crippen LogP contribution is 2.29. The molecule has 0 amide bonds. The van der Waals surface area contributed by atoms with Crippen LogP contribution in [0.15, 0.2) is 66.7 Å². The number of benzene rings is 3. The van der Waals surface area contributed by atoms with Crippen molar-refractivity contribution < 1.29 is 19.0 Å². The van der Waals surface area contributed by atoms with Crippen molar-refractivity contribution in [2.24, 2.45) is 0 Å². The Labute approximate surface area is 202 Å². The summed E-state index contributed by atoms with van der Waals surface area (Å²) in [5.74, 6) is 1.13. The molecule has 168 valence electrons. The first-order valence-corrected chi connectivity index (χ1v) is 10.9. The summed E-state index contributed by atoms with van der Waals surface area (Å²) in [4.78, 5) is 12.2. The van der Waals surface area contributed by atoms with Gasteiger partial charge in [-0.15, -0.1) is 0 Å². The number of para-hydroxylation sites is 1. The summed E-state index contributed by atoms with van der Waals surface area (Å²) < 4.78 is 16.4. The van der Waals surface area contributed by atoms with E-state index in [9.17, 15) is 10.1 Å². The van der Waals surface area contributed by atoms with Gasteiger partial charge in [0.05, 0.1) is 30.4 Å². The van der Waals surface area contributed by atoms with Crippen LogP contribution in [0.1, 0.15) is 24.0 Å². The third-order valence-corrected chi connectivity index (χ3v) is 5.13. The first kappa shape index (κ1) is 24.2. The van der Waals surface area contributed by atoms with Crippen molar-refractivity contribution in [1.82, 2.24) is 0 Å². The van der Waals surface area contributed by atoms with Gasteiger partial charge >= 0.3 is 5.97 Å². The van der Waals surface area contributed by atoms with Crippen LogP contribution in [0.25, 0.3) is 11.6 Å². The van der Waals surface area contributed by atoms with Crippen molar-refractivity contribution in [1.29, 1.82) is 5.26 Å². The van der Waals surface area contributed by atoms with E-state index in [0.717, 1.165) is 5.56 Å². The minimum atomic E-state index is -0.382. The summed E-state index contributed by atoms with van der Waals surface area (Å²) >= 11 is 11.9. The molecular weight excluding hydrogens is 461 g/mol. The molecule has 5 nitrogen and oxygen atoms in total. The number of carbonyl (C=O) groups excluding carboxylic acids is 1. The van der Waals surface area contributed by atoms with Gasteiger partial charge in [-0.2, -0.15) is 5.26 Å². The van der Waals surface area contributed by atoms with Crippen molar-refractivity contribution in [2.75, 3.05) is 13.7 Å². The molecule has 0 fully saturated rings. The van der Waals surface area contributed by atoms with Crippen molar-refractivity contribution in [3.63, 3.8) is 0 Å². The number of hydrogen-bond donors (Lipinski definition) is 0. The van der Waals surface area contributed by atoms with Crippen molar-refractivity contribution in [3.8, 4) is 23.3 Å². The van der Waals surface area contributed by atoms with Gasteiger partial charge in [-0.05, 0) is 60.5 Å². The summed E-state index contributed by atoms with van der Waals surface area (Å²) in [6, 6.07) is 21.4. The van der Waals surface area contributed by atoms with E-state index in [0.29, 0.717) is 51.5 Å². The largest absolute Gasteiger partial charge is 0.496 e. The smallest absolute Gasteiger partial charge is 0.311 e. The van der Waals surface area contributed by atoms with E-state index in [-0.39, 0.29) is 12.4 Å². The van der Waals surface area contributed by atoms with Crippen LogP contribution in [0.5, 0.6) is 17.2 Å². The number of esters is 1. The average molecular weight is 482 g/mol. The minimum Gasteiger partial charge on any atom is -0.496 e. The second-order valence-corrected chi connectivity index (χ2v) is 7.79. The van der Waals surface area contributed by atoms with Gasteiger partial charge in [0.25, 0.3) is 0 Å². The summed E-state index contributed by atoms with van der Waals surface area (Å²) in [6.07, 6.45) is 2.36. The zero-order valence-corrected chi connectivity index (χ0v) is 19.4. The Hall–Kier alpha value is -3.46. The number of nitriles is 1. The van der Waals surface area contributed by atoms with E-state index in [1.165, 1.54) is 0 Å². The molecule has 0 spiro atoms. The molecule has 0 heterocycles. The lowest BCUT2D eigenvalue weighted by Gasteiger charge is -2.09. The van der Waals surface area contributed by atoms with E-state index in [1.54, 1.807) is 55.7 Å². The first-order chi connectivity index (χ1) is 16.0. The summed E-state index contributed by atoms with van der Waals surface area (Å²) in [7, 11) is 1.56. The Morgan fingerprint density at radius 2 is 1.85 bits per heavy atom. The molecule has 0 atom stereocenters. The van der Waals surface area contributed by atoms with E-state index >= 15 is 0 Å². The fourth-order valence-electron chi connectivity index (χ4n) is 3.05.